The molecule has 0 N–H and O–H groups in total. The molecule has 1 radical (unpaired) electrons. The summed E-state index contributed by atoms with van der Waals surface area (Å²) in [5.41, 5.74) is 1.13. The standard InChI is InChI=1S/C15H23O3P.Li/c1-5-11(4)19-15(16)14-12(17-6-2)9-8-10-13(14)18-7-3;/h8-11,19H,5-7H2,1-4H3;. The van der Waals surface area contributed by atoms with E-state index in [2.05, 4.69) is 13.8 Å². The predicted molar refractivity (Wildman–Crippen MR) is 86.9 cm³/mol. The second-order valence-corrected chi connectivity index (χ2v) is 6.01. The van der Waals surface area contributed by atoms with E-state index in [1.165, 1.54) is 0 Å². The van der Waals surface area contributed by atoms with Crippen molar-refractivity contribution in [2.45, 2.75) is 39.8 Å². The third-order valence-corrected chi connectivity index (χ3v) is 4.22. The van der Waals surface area contributed by atoms with Gasteiger partial charge in [-0.3, -0.25) is 4.79 Å². The van der Waals surface area contributed by atoms with Crippen molar-refractivity contribution in [1.82, 2.24) is 0 Å². The van der Waals surface area contributed by atoms with Crippen LogP contribution in [-0.2, 0) is 0 Å². The third-order valence-electron chi connectivity index (χ3n) is 2.80. The number of benzene rings is 1. The fraction of sp³-hybridized carbons (Fsp3) is 0.533. The Bertz CT molecular complexity index is 399. The van der Waals surface area contributed by atoms with E-state index in [-0.39, 0.29) is 33.0 Å². The minimum atomic E-state index is 0. The van der Waals surface area contributed by atoms with Crippen molar-refractivity contribution < 1.29 is 14.3 Å². The Balaban J connectivity index is 0.00000361. The predicted octanol–water partition coefficient (Wildman–Crippen LogP) is 3.72. The van der Waals surface area contributed by atoms with E-state index < -0.39 is 0 Å². The summed E-state index contributed by atoms with van der Waals surface area (Å²) in [5, 5.41) is 0. The maximum atomic E-state index is 12.5. The van der Waals surface area contributed by atoms with Crippen LogP contribution in [0.1, 0.15) is 44.5 Å². The summed E-state index contributed by atoms with van der Waals surface area (Å²) in [5.74, 6) is 1.27. The van der Waals surface area contributed by atoms with E-state index in [1.54, 1.807) is 0 Å². The van der Waals surface area contributed by atoms with Gasteiger partial charge in [-0.25, -0.2) is 0 Å². The largest absolute Gasteiger partial charge is 0.493 e. The molecule has 0 aliphatic rings. The normalized spacial score (nSPS) is 12.0. The second kappa shape index (κ2) is 10.3. The van der Waals surface area contributed by atoms with Crippen molar-refractivity contribution in [1.29, 1.82) is 0 Å². The van der Waals surface area contributed by atoms with Gasteiger partial charge < -0.3 is 9.47 Å². The summed E-state index contributed by atoms with van der Waals surface area (Å²) < 4.78 is 11.1. The van der Waals surface area contributed by atoms with Crippen LogP contribution in [0.2, 0.25) is 0 Å². The van der Waals surface area contributed by atoms with E-state index in [0.717, 1.165) is 6.42 Å². The van der Waals surface area contributed by atoms with Gasteiger partial charge in [0.2, 0.25) is 0 Å². The van der Waals surface area contributed by atoms with Crippen LogP contribution >= 0.6 is 8.58 Å². The fourth-order valence-electron chi connectivity index (χ4n) is 1.68. The van der Waals surface area contributed by atoms with Gasteiger partial charge in [-0.05, 0) is 46.6 Å². The molecule has 1 aromatic carbocycles. The summed E-state index contributed by atoms with van der Waals surface area (Å²) in [6, 6.07) is 5.53. The zero-order valence-electron chi connectivity index (χ0n) is 13.2. The molecule has 107 valence electrons. The van der Waals surface area contributed by atoms with Gasteiger partial charge in [0.25, 0.3) is 0 Å². The molecule has 3 nitrogen and oxygen atoms in total. The fourth-order valence-corrected chi connectivity index (χ4v) is 2.73. The number of hydrogen-bond donors (Lipinski definition) is 0. The molecule has 2 atom stereocenters. The van der Waals surface area contributed by atoms with Crippen LogP contribution in [0, 0.1) is 0 Å². The molecule has 0 bridgehead atoms. The second-order valence-electron chi connectivity index (χ2n) is 4.28. The van der Waals surface area contributed by atoms with Crippen molar-refractivity contribution >= 4 is 33.0 Å². The molecular formula is C15H23LiO3P. The van der Waals surface area contributed by atoms with Gasteiger partial charge in [-0.1, -0.05) is 19.9 Å². The average molecular weight is 289 g/mol. The maximum Gasteiger partial charge on any atom is 0.188 e. The molecule has 0 aromatic heterocycles. The Morgan fingerprint density at radius 1 is 1.15 bits per heavy atom. The van der Waals surface area contributed by atoms with Crippen LogP contribution in [-0.4, -0.2) is 43.3 Å². The molecule has 20 heavy (non-hydrogen) atoms. The molecule has 0 amide bonds. The first kappa shape index (κ1) is 19.5. The summed E-state index contributed by atoms with van der Waals surface area (Å²) in [6.45, 7) is 9.12. The van der Waals surface area contributed by atoms with Gasteiger partial charge >= 0.3 is 0 Å². The zero-order chi connectivity index (χ0) is 14.3. The number of carbonyl (C=O) groups is 1. The molecule has 0 aliphatic heterocycles. The third kappa shape index (κ3) is 5.49. The molecule has 0 heterocycles. The molecule has 1 rings (SSSR count). The number of hydrogen-bond acceptors (Lipinski definition) is 3. The van der Waals surface area contributed by atoms with Crippen LogP contribution in [0.3, 0.4) is 0 Å². The minimum absolute atomic E-state index is 0. The summed E-state index contributed by atoms with van der Waals surface area (Å²) >= 11 is 0. The molecule has 2 unspecified atom stereocenters. The molecule has 0 fully saturated rings. The van der Waals surface area contributed by atoms with Crippen molar-refractivity contribution in [2.75, 3.05) is 13.2 Å². The summed E-state index contributed by atoms with van der Waals surface area (Å²) in [7, 11) is 0.260. The van der Waals surface area contributed by atoms with Crippen LogP contribution < -0.4 is 9.47 Å². The Labute approximate surface area is 135 Å². The topological polar surface area (TPSA) is 35.5 Å². The van der Waals surface area contributed by atoms with E-state index in [1.807, 2.05) is 32.0 Å². The molecule has 5 heteroatoms. The number of rotatable bonds is 8. The Morgan fingerprint density at radius 2 is 1.65 bits per heavy atom. The number of carbonyl (C=O) groups excluding carboxylic acids is 1. The van der Waals surface area contributed by atoms with E-state index in [9.17, 15) is 4.79 Å². The van der Waals surface area contributed by atoms with Gasteiger partial charge in [-0.15, -0.1) is 0 Å². The molecule has 0 saturated heterocycles. The summed E-state index contributed by atoms with van der Waals surface area (Å²) in [6.07, 6.45) is 1.00. The van der Waals surface area contributed by atoms with Crippen LogP contribution in [0.5, 0.6) is 11.5 Å². The van der Waals surface area contributed by atoms with Crippen molar-refractivity contribution in [2.24, 2.45) is 0 Å². The molecule has 0 saturated carbocycles. The Hall–Kier alpha value is -0.483. The van der Waals surface area contributed by atoms with Gasteiger partial charge in [-0.2, -0.15) is 0 Å². The van der Waals surface area contributed by atoms with Crippen molar-refractivity contribution in [3.63, 3.8) is 0 Å². The molecular weight excluding hydrogens is 266 g/mol. The van der Waals surface area contributed by atoms with E-state index in [4.69, 9.17) is 9.47 Å². The van der Waals surface area contributed by atoms with Gasteiger partial charge in [0.1, 0.15) is 17.1 Å². The molecule has 0 spiro atoms. The van der Waals surface area contributed by atoms with Gasteiger partial charge in [0, 0.05) is 18.9 Å². The first-order valence-electron chi connectivity index (χ1n) is 6.83. The van der Waals surface area contributed by atoms with Gasteiger partial charge in [0.15, 0.2) is 5.52 Å². The van der Waals surface area contributed by atoms with Crippen molar-refractivity contribution in [3.05, 3.63) is 23.8 Å². The van der Waals surface area contributed by atoms with E-state index >= 15 is 0 Å². The van der Waals surface area contributed by atoms with Crippen molar-refractivity contribution in [3.8, 4) is 11.5 Å². The minimum Gasteiger partial charge on any atom is -0.493 e. The SMILES string of the molecule is CCOc1cccc(OCC)c1C(=O)PC(C)CC.[Li]. The van der Waals surface area contributed by atoms with Crippen LogP contribution in [0.4, 0.5) is 0 Å². The van der Waals surface area contributed by atoms with Crippen LogP contribution in [0.15, 0.2) is 18.2 Å². The average Bonchev–Trinajstić information content (AvgIpc) is 2.39. The maximum absolute atomic E-state index is 12.5. The quantitative estimate of drug-likeness (QED) is 0.540. The number of ether oxygens (including phenoxy) is 2. The smallest absolute Gasteiger partial charge is 0.188 e. The summed E-state index contributed by atoms with van der Waals surface area (Å²) in [4.78, 5) is 12.5. The Morgan fingerprint density at radius 3 is 2.05 bits per heavy atom. The first-order valence-corrected chi connectivity index (χ1v) is 7.91. The molecule has 1 aromatic rings. The molecule has 0 aliphatic carbocycles. The monoisotopic (exact) mass is 289 g/mol. The Kier molecular flexibility index (Phi) is 10.0. The van der Waals surface area contributed by atoms with Crippen LogP contribution in [0.25, 0.3) is 0 Å². The zero-order valence-corrected chi connectivity index (χ0v) is 14.2. The van der Waals surface area contributed by atoms with Gasteiger partial charge in [0.05, 0.1) is 13.2 Å². The van der Waals surface area contributed by atoms with E-state index in [0.29, 0.717) is 35.9 Å². The first-order chi connectivity index (χ1) is 9.13.